The lowest BCUT2D eigenvalue weighted by Gasteiger charge is -2.11. The van der Waals surface area contributed by atoms with Crippen molar-refractivity contribution in [2.75, 3.05) is 25.3 Å². The van der Waals surface area contributed by atoms with Gasteiger partial charge >= 0.3 is 0 Å². The van der Waals surface area contributed by atoms with E-state index in [1.54, 1.807) is 31.4 Å². The first kappa shape index (κ1) is 16.5. The summed E-state index contributed by atoms with van der Waals surface area (Å²) in [7, 11) is 3.05. The Hall–Kier alpha value is -2.87. The summed E-state index contributed by atoms with van der Waals surface area (Å²) in [6, 6.07) is 8.13. The highest BCUT2D eigenvalue weighted by molar-refractivity contribution is 5.90. The average Bonchev–Trinajstić information content (AvgIpc) is 2.52. The first-order valence-electron chi connectivity index (χ1n) is 6.82. The number of anilines is 2. The number of benzene rings is 1. The summed E-state index contributed by atoms with van der Waals surface area (Å²) < 4.78 is 11.0. The molecule has 0 unspecified atom stereocenters. The monoisotopic (exact) mass is 318 g/mol. The van der Waals surface area contributed by atoms with Crippen molar-refractivity contribution in [3.63, 3.8) is 0 Å². The summed E-state index contributed by atoms with van der Waals surface area (Å²) in [5, 5.41) is 2.67. The van der Waals surface area contributed by atoms with Crippen LogP contribution in [0.15, 0.2) is 35.1 Å². The summed E-state index contributed by atoms with van der Waals surface area (Å²) in [5.74, 6) is 0.265. The highest BCUT2D eigenvalue weighted by Gasteiger charge is 2.10. The van der Waals surface area contributed by atoms with Gasteiger partial charge in [-0.1, -0.05) is 0 Å². The molecule has 2 aromatic rings. The quantitative estimate of drug-likeness (QED) is 0.808. The summed E-state index contributed by atoms with van der Waals surface area (Å²) in [4.78, 5) is 28.1. The van der Waals surface area contributed by atoms with Crippen molar-refractivity contribution >= 4 is 17.5 Å². The van der Waals surface area contributed by atoms with E-state index in [-0.39, 0.29) is 25.0 Å². The maximum absolute atomic E-state index is 12.0. The fraction of sp³-hybridized carbons (Fsp3) is 0.267. The van der Waals surface area contributed by atoms with E-state index >= 15 is 0 Å². The Morgan fingerprint density at radius 3 is 2.57 bits per heavy atom. The van der Waals surface area contributed by atoms with E-state index in [0.717, 1.165) is 4.57 Å². The number of hydrogen-bond donors (Lipinski definition) is 2. The standard InChI is InChI=1S/C15H18N4O4/c1-22-9-11-7-14(21)19(15(16)18-11)8-13(20)17-10-3-5-12(23-2)6-4-10/h3-7H,8-9H2,1-2H3,(H2,16,18)(H,17,20). The van der Waals surface area contributed by atoms with E-state index in [9.17, 15) is 9.59 Å². The number of ether oxygens (including phenoxy) is 2. The number of amides is 1. The van der Waals surface area contributed by atoms with Crippen molar-refractivity contribution in [2.45, 2.75) is 13.2 Å². The van der Waals surface area contributed by atoms with Crippen LogP contribution in [0.3, 0.4) is 0 Å². The summed E-state index contributed by atoms with van der Waals surface area (Å²) in [6.07, 6.45) is 0. The van der Waals surface area contributed by atoms with Gasteiger partial charge in [-0.05, 0) is 24.3 Å². The van der Waals surface area contributed by atoms with E-state index in [4.69, 9.17) is 15.2 Å². The minimum Gasteiger partial charge on any atom is -0.497 e. The lowest BCUT2D eigenvalue weighted by atomic mass is 10.3. The molecule has 0 aliphatic carbocycles. The molecule has 0 spiro atoms. The third-order valence-corrected chi connectivity index (χ3v) is 3.06. The molecule has 122 valence electrons. The molecule has 3 N–H and O–H groups in total. The maximum atomic E-state index is 12.0. The van der Waals surface area contributed by atoms with Crippen molar-refractivity contribution in [3.05, 3.63) is 46.4 Å². The second-order valence-corrected chi connectivity index (χ2v) is 4.74. The highest BCUT2D eigenvalue weighted by atomic mass is 16.5. The Balaban J connectivity index is 2.09. The zero-order valence-corrected chi connectivity index (χ0v) is 12.9. The van der Waals surface area contributed by atoms with Gasteiger partial charge in [-0.15, -0.1) is 0 Å². The van der Waals surface area contributed by atoms with E-state index < -0.39 is 5.56 Å². The van der Waals surface area contributed by atoms with E-state index in [2.05, 4.69) is 10.3 Å². The summed E-state index contributed by atoms with van der Waals surface area (Å²) >= 11 is 0. The first-order valence-corrected chi connectivity index (χ1v) is 6.82. The van der Waals surface area contributed by atoms with Crippen LogP contribution in [0.5, 0.6) is 5.75 Å². The molecule has 0 aliphatic heterocycles. The molecule has 23 heavy (non-hydrogen) atoms. The zero-order chi connectivity index (χ0) is 16.8. The molecular formula is C15H18N4O4. The van der Waals surface area contributed by atoms with Crippen LogP contribution in [0, 0.1) is 0 Å². The molecule has 1 heterocycles. The fourth-order valence-electron chi connectivity index (χ4n) is 1.97. The lowest BCUT2D eigenvalue weighted by molar-refractivity contribution is -0.116. The van der Waals surface area contributed by atoms with Crippen molar-refractivity contribution in [1.82, 2.24) is 9.55 Å². The summed E-state index contributed by atoms with van der Waals surface area (Å²) in [6.45, 7) is -0.0463. The molecule has 0 atom stereocenters. The second kappa shape index (κ2) is 7.41. The fourth-order valence-corrected chi connectivity index (χ4v) is 1.97. The highest BCUT2D eigenvalue weighted by Crippen LogP contribution is 2.15. The number of aromatic nitrogens is 2. The number of nitrogens with one attached hydrogen (secondary N) is 1. The number of nitrogens with two attached hydrogens (primary N) is 1. The number of rotatable bonds is 6. The Morgan fingerprint density at radius 1 is 1.30 bits per heavy atom. The van der Waals surface area contributed by atoms with Crippen molar-refractivity contribution in [3.8, 4) is 5.75 Å². The Bertz CT molecular complexity index is 740. The molecule has 8 heteroatoms. The van der Waals surface area contributed by atoms with Gasteiger partial charge in [0.15, 0.2) is 0 Å². The molecule has 1 amide bonds. The van der Waals surface area contributed by atoms with Gasteiger partial charge in [0.2, 0.25) is 11.9 Å². The minimum absolute atomic E-state index is 0.0329. The van der Waals surface area contributed by atoms with Crippen LogP contribution in [-0.2, 0) is 22.7 Å². The minimum atomic E-state index is -0.408. The van der Waals surface area contributed by atoms with Gasteiger partial charge in [-0.3, -0.25) is 14.2 Å². The third kappa shape index (κ3) is 4.30. The predicted molar refractivity (Wildman–Crippen MR) is 85.2 cm³/mol. The Labute approximate surface area is 132 Å². The molecule has 0 radical (unpaired) electrons. The van der Waals surface area contributed by atoms with Gasteiger partial charge in [-0.25, -0.2) is 4.98 Å². The smallest absolute Gasteiger partial charge is 0.255 e. The predicted octanol–water partition coefficient (Wildman–Crippen LogP) is 0.619. The molecule has 0 bridgehead atoms. The number of hydrogen-bond acceptors (Lipinski definition) is 6. The van der Waals surface area contributed by atoms with Crippen LogP contribution in [0.4, 0.5) is 11.6 Å². The largest absolute Gasteiger partial charge is 0.497 e. The van der Waals surface area contributed by atoms with Crippen LogP contribution in [-0.4, -0.2) is 29.7 Å². The normalized spacial score (nSPS) is 10.3. The third-order valence-electron chi connectivity index (χ3n) is 3.06. The van der Waals surface area contributed by atoms with Crippen molar-refractivity contribution < 1.29 is 14.3 Å². The van der Waals surface area contributed by atoms with Gasteiger partial charge in [0.25, 0.3) is 5.56 Å². The van der Waals surface area contributed by atoms with Gasteiger partial charge in [0.05, 0.1) is 19.4 Å². The van der Waals surface area contributed by atoms with Crippen LogP contribution in [0.2, 0.25) is 0 Å². The molecule has 0 fully saturated rings. The molecule has 0 saturated carbocycles. The van der Waals surface area contributed by atoms with Crippen LogP contribution in [0.1, 0.15) is 5.69 Å². The first-order chi connectivity index (χ1) is 11.0. The number of nitrogens with zero attached hydrogens (tertiary/aromatic N) is 2. The van der Waals surface area contributed by atoms with E-state index in [1.807, 2.05) is 0 Å². The van der Waals surface area contributed by atoms with Gasteiger partial charge in [0, 0.05) is 18.9 Å². The molecule has 1 aromatic carbocycles. The maximum Gasteiger partial charge on any atom is 0.255 e. The molecule has 8 nitrogen and oxygen atoms in total. The van der Waals surface area contributed by atoms with Gasteiger partial charge in [0.1, 0.15) is 12.3 Å². The Morgan fingerprint density at radius 2 is 2.00 bits per heavy atom. The molecule has 0 saturated heterocycles. The average molecular weight is 318 g/mol. The van der Waals surface area contributed by atoms with Crippen molar-refractivity contribution in [1.29, 1.82) is 0 Å². The van der Waals surface area contributed by atoms with Gasteiger partial charge < -0.3 is 20.5 Å². The molecule has 2 rings (SSSR count). The van der Waals surface area contributed by atoms with Crippen LogP contribution < -0.4 is 21.3 Å². The number of carbonyl (C=O) groups is 1. The zero-order valence-electron chi connectivity index (χ0n) is 12.9. The van der Waals surface area contributed by atoms with Crippen LogP contribution >= 0.6 is 0 Å². The molecule has 0 aliphatic rings. The molecule has 1 aromatic heterocycles. The summed E-state index contributed by atoms with van der Waals surface area (Å²) in [5.41, 5.74) is 6.33. The lowest BCUT2D eigenvalue weighted by Crippen LogP contribution is -2.30. The SMILES string of the molecule is COCc1cc(=O)n(CC(=O)Nc2ccc(OC)cc2)c(N)n1. The van der Waals surface area contributed by atoms with Crippen molar-refractivity contribution in [2.24, 2.45) is 0 Å². The number of nitrogen functional groups attached to an aromatic ring is 1. The Kier molecular flexibility index (Phi) is 5.32. The van der Waals surface area contributed by atoms with E-state index in [1.165, 1.54) is 13.2 Å². The second-order valence-electron chi connectivity index (χ2n) is 4.74. The number of methoxy groups -OCH3 is 2. The number of carbonyl (C=O) groups excluding carboxylic acids is 1. The molecular weight excluding hydrogens is 300 g/mol. The van der Waals surface area contributed by atoms with E-state index in [0.29, 0.717) is 17.1 Å². The van der Waals surface area contributed by atoms with Crippen LogP contribution in [0.25, 0.3) is 0 Å². The van der Waals surface area contributed by atoms with Gasteiger partial charge in [-0.2, -0.15) is 0 Å². The topological polar surface area (TPSA) is 108 Å².